The van der Waals surface area contributed by atoms with Crippen molar-refractivity contribution in [3.63, 3.8) is 0 Å². The van der Waals surface area contributed by atoms with E-state index in [0.717, 1.165) is 64.1 Å². The van der Waals surface area contributed by atoms with E-state index in [1.807, 2.05) is 12.3 Å². The van der Waals surface area contributed by atoms with Gasteiger partial charge in [-0.25, -0.2) is 4.39 Å². The Hall–Kier alpha value is -3.99. The highest BCUT2D eigenvalue weighted by atomic mass is 19.1. The third kappa shape index (κ3) is 4.78. The number of allylic oxidation sites excluding steroid dienone is 1. The number of nitrogens with zero attached hydrogens (tertiary/aromatic N) is 6. The number of aromatic nitrogens is 4. The van der Waals surface area contributed by atoms with Gasteiger partial charge < -0.3 is 24.2 Å². The Morgan fingerprint density at radius 3 is 2.73 bits per heavy atom. The zero-order valence-corrected chi connectivity index (χ0v) is 23.2. The van der Waals surface area contributed by atoms with Crippen LogP contribution < -0.4 is 14.4 Å². The molecule has 0 spiro atoms. The molecule has 1 amide bonds. The third-order valence-corrected chi connectivity index (χ3v) is 8.19. The molecule has 1 N–H and O–H groups in total. The monoisotopic (exact) mass is 547 g/mol. The van der Waals surface area contributed by atoms with E-state index in [2.05, 4.69) is 53.5 Å². The number of nitrogens with one attached hydrogen (secondary N) is 1. The largest absolute Gasteiger partial charge is 0.462 e. The lowest BCUT2D eigenvalue weighted by molar-refractivity contribution is -0.128. The van der Waals surface area contributed by atoms with Crippen molar-refractivity contribution < 1.29 is 18.7 Å². The topological polar surface area (TPSA) is 99.7 Å². The fourth-order valence-electron chi connectivity index (χ4n) is 5.87. The van der Waals surface area contributed by atoms with E-state index in [0.29, 0.717) is 51.1 Å². The second kappa shape index (κ2) is 10.5. The first kappa shape index (κ1) is 26.2. The number of ether oxygens (including phenoxy) is 2. The maximum absolute atomic E-state index is 13.5. The molecule has 1 aromatic carbocycles. The van der Waals surface area contributed by atoms with Gasteiger partial charge >= 0.3 is 6.01 Å². The molecule has 6 rings (SSSR count). The minimum absolute atomic E-state index is 0.266. The minimum Gasteiger partial charge on any atom is -0.462 e. The third-order valence-electron chi connectivity index (χ3n) is 8.19. The number of aryl methyl sites for hydroxylation is 1. The predicted octanol–water partition coefficient (Wildman–Crippen LogP) is 3.63. The van der Waals surface area contributed by atoms with Crippen LogP contribution >= 0.6 is 0 Å². The number of carbonyl (C=O) groups is 1. The number of likely N-dealkylation sites (tertiary alicyclic amines) is 1. The van der Waals surface area contributed by atoms with Gasteiger partial charge in [0.2, 0.25) is 5.88 Å². The molecule has 10 nitrogen and oxygen atoms in total. The predicted molar refractivity (Wildman–Crippen MR) is 150 cm³/mol. The summed E-state index contributed by atoms with van der Waals surface area (Å²) < 4.78 is 26.2. The Labute approximate surface area is 232 Å². The van der Waals surface area contributed by atoms with Gasteiger partial charge in [-0.2, -0.15) is 15.1 Å². The molecule has 0 radical (unpaired) electrons. The van der Waals surface area contributed by atoms with Gasteiger partial charge in [-0.3, -0.25) is 9.89 Å². The van der Waals surface area contributed by atoms with Gasteiger partial charge in [-0.1, -0.05) is 12.6 Å². The van der Waals surface area contributed by atoms with Crippen LogP contribution in [0.15, 0.2) is 36.3 Å². The van der Waals surface area contributed by atoms with Crippen LogP contribution in [0.25, 0.3) is 16.7 Å². The van der Waals surface area contributed by atoms with Gasteiger partial charge in [-0.15, -0.1) is 0 Å². The molecular weight excluding hydrogens is 513 g/mol. The molecule has 3 aliphatic rings. The fraction of sp³-hybridized carbons (Fsp3) is 0.448. The number of aromatic amines is 1. The number of piperazine rings is 1. The van der Waals surface area contributed by atoms with Crippen LogP contribution in [0.5, 0.6) is 11.9 Å². The number of hydrogen-bond donors (Lipinski definition) is 1. The number of hydrogen-bond acceptors (Lipinski definition) is 8. The second-order valence-electron chi connectivity index (χ2n) is 10.9. The molecule has 210 valence electrons. The summed E-state index contributed by atoms with van der Waals surface area (Å²) in [7, 11) is 2.11. The molecule has 0 aliphatic carbocycles. The number of halogens is 1. The summed E-state index contributed by atoms with van der Waals surface area (Å²) in [5.41, 5.74) is 4.93. The van der Waals surface area contributed by atoms with Crippen molar-refractivity contribution >= 4 is 28.4 Å². The van der Waals surface area contributed by atoms with Crippen molar-refractivity contribution in [1.29, 1.82) is 0 Å². The summed E-state index contributed by atoms with van der Waals surface area (Å²) in [6, 6.07) is 4.65. The molecule has 5 heterocycles. The van der Waals surface area contributed by atoms with Crippen LogP contribution in [-0.4, -0.2) is 88.3 Å². The molecule has 2 aromatic heterocycles. The fourth-order valence-corrected chi connectivity index (χ4v) is 5.87. The molecule has 0 unspecified atom stereocenters. The number of anilines is 1. The average molecular weight is 548 g/mol. The summed E-state index contributed by atoms with van der Waals surface area (Å²) in [5.74, 6) is 0.355. The molecule has 11 heteroatoms. The van der Waals surface area contributed by atoms with E-state index in [4.69, 9.17) is 19.4 Å². The van der Waals surface area contributed by atoms with Crippen LogP contribution in [0, 0.1) is 6.92 Å². The van der Waals surface area contributed by atoms with Gasteiger partial charge in [-0.05, 0) is 57.5 Å². The van der Waals surface area contributed by atoms with Crippen molar-refractivity contribution in [3.05, 3.63) is 53.0 Å². The average Bonchev–Trinajstić information content (AvgIpc) is 3.59. The number of rotatable bonds is 6. The summed E-state index contributed by atoms with van der Waals surface area (Å²) in [4.78, 5) is 27.6. The number of amides is 1. The van der Waals surface area contributed by atoms with Crippen LogP contribution in [0.2, 0.25) is 0 Å². The van der Waals surface area contributed by atoms with Crippen LogP contribution in [0.3, 0.4) is 0 Å². The Bertz CT molecular complexity index is 1510. The van der Waals surface area contributed by atoms with Gasteiger partial charge in [0.05, 0.1) is 17.3 Å². The lowest BCUT2D eigenvalue weighted by atomic mass is 9.95. The lowest BCUT2D eigenvalue weighted by Crippen LogP contribution is -2.49. The van der Waals surface area contributed by atoms with Crippen LogP contribution in [0.1, 0.15) is 36.5 Å². The Kier molecular flexibility index (Phi) is 6.91. The van der Waals surface area contributed by atoms with E-state index in [1.54, 1.807) is 0 Å². The van der Waals surface area contributed by atoms with Crippen molar-refractivity contribution in [2.24, 2.45) is 0 Å². The highest BCUT2D eigenvalue weighted by Crippen LogP contribution is 2.41. The number of fused-ring (bicyclic) bond motifs is 2. The molecule has 40 heavy (non-hydrogen) atoms. The van der Waals surface area contributed by atoms with Gasteiger partial charge in [0.25, 0.3) is 5.91 Å². The minimum atomic E-state index is -0.940. The smallest absolute Gasteiger partial charge is 0.321 e. The number of carbonyl (C=O) groups excluding carboxylic acids is 1. The lowest BCUT2D eigenvalue weighted by Gasteiger charge is -2.36. The SMILES string of the molecule is C=C(F)C(=O)N1CCN(c2nc(OC[C@@H]3CCCN3C)nc3c2CC(C)=C(c2c(C)ccc4[nH]ncc24)O3)CC1. The zero-order chi connectivity index (χ0) is 28.0. The maximum atomic E-state index is 13.5. The van der Waals surface area contributed by atoms with E-state index >= 15 is 0 Å². The Morgan fingerprint density at radius 2 is 2.00 bits per heavy atom. The summed E-state index contributed by atoms with van der Waals surface area (Å²) in [6.45, 7) is 10.5. The van der Waals surface area contributed by atoms with E-state index in [9.17, 15) is 9.18 Å². The van der Waals surface area contributed by atoms with Crippen molar-refractivity contribution in [3.8, 4) is 11.9 Å². The quantitative estimate of drug-likeness (QED) is 0.467. The van der Waals surface area contributed by atoms with Crippen molar-refractivity contribution in [2.45, 2.75) is 39.2 Å². The van der Waals surface area contributed by atoms with Gasteiger partial charge in [0.1, 0.15) is 18.2 Å². The van der Waals surface area contributed by atoms with E-state index in [1.165, 1.54) is 4.90 Å². The standard InChI is InChI=1S/C29H34FN7O3/c1-17-7-8-23-22(15-31-34-23)24(17)25-18(2)14-21-26(36-10-12-37(13-11-36)28(38)19(3)30)32-29(33-27(21)40-25)39-16-20-6-5-9-35(20)4/h7-8,15,20H,3,5-6,9-14,16H2,1-2,4H3,(H,31,34)/t20-/m0/s1. The van der Waals surface area contributed by atoms with Crippen LogP contribution in [0.4, 0.5) is 10.2 Å². The summed E-state index contributed by atoms with van der Waals surface area (Å²) in [6.07, 6.45) is 4.63. The number of H-pyrrole nitrogens is 1. The molecular formula is C29H34FN7O3. The molecule has 1 atom stereocenters. The molecule has 3 aliphatic heterocycles. The first-order chi connectivity index (χ1) is 19.3. The van der Waals surface area contributed by atoms with Gasteiger partial charge in [0, 0.05) is 49.6 Å². The number of likely N-dealkylation sites (N-methyl/N-ethyl adjacent to an activating group) is 1. The van der Waals surface area contributed by atoms with E-state index < -0.39 is 11.7 Å². The Morgan fingerprint density at radius 1 is 1.20 bits per heavy atom. The first-order valence-corrected chi connectivity index (χ1v) is 13.7. The normalized spacial score (nSPS) is 19.6. The molecule has 2 fully saturated rings. The molecule has 0 bridgehead atoms. The van der Waals surface area contributed by atoms with E-state index in [-0.39, 0.29) is 6.01 Å². The van der Waals surface area contributed by atoms with Crippen molar-refractivity contribution in [2.75, 3.05) is 51.3 Å². The molecule has 3 aromatic rings. The summed E-state index contributed by atoms with van der Waals surface area (Å²) in [5, 5.41) is 8.27. The highest BCUT2D eigenvalue weighted by molar-refractivity contribution is 5.93. The van der Waals surface area contributed by atoms with Crippen LogP contribution in [-0.2, 0) is 11.2 Å². The maximum Gasteiger partial charge on any atom is 0.321 e. The molecule has 0 saturated carbocycles. The first-order valence-electron chi connectivity index (χ1n) is 13.7. The zero-order valence-electron chi connectivity index (χ0n) is 23.2. The summed E-state index contributed by atoms with van der Waals surface area (Å²) >= 11 is 0. The molecule has 2 saturated heterocycles. The van der Waals surface area contributed by atoms with Gasteiger partial charge in [0.15, 0.2) is 5.83 Å². The second-order valence-corrected chi connectivity index (χ2v) is 10.9. The highest BCUT2D eigenvalue weighted by Gasteiger charge is 2.32. The number of benzene rings is 1. The van der Waals surface area contributed by atoms with Crippen molar-refractivity contribution in [1.82, 2.24) is 30.0 Å². The Balaban J connectivity index is 1.34.